The Labute approximate surface area is 161 Å². The molecule has 1 aliphatic carbocycles. The Kier molecular flexibility index (Phi) is 4.88. The molecular weight excluding hydrogens is 391 g/mol. The molecule has 148 valence electrons. The molecule has 3 aliphatic rings. The predicted octanol–water partition coefficient (Wildman–Crippen LogP) is 1.45. The number of carbonyl (C=O) groups excluding carboxylic acids is 1. The van der Waals surface area contributed by atoms with E-state index in [1.807, 2.05) is 0 Å². The summed E-state index contributed by atoms with van der Waals surface area (Å²) in [5.74, 6) is -0.478. The van der Waals surface area contributed by atoms with Crippen LogP contribution in [0.3, 0.4) is 0 Å². The molecular formula is C18H23FN2O4S2. The van der Waals surface area contributed by atoms with E-state index in [0.717, 1.165) is 12.8 Å². The smallest absolute Gasteiger partial charge is 0.236 e. The van der Waals surface area contributed by atoms with E-state index in [2.05, 4.69) is 0 Å². The lowest BCUT2D eigenvalue weighted by Gasteiger charge is -2.43. The summed E-state index contributed by atoms with van der Waals surface area (Å²) in [6, 6.07) is 5.86. The van der Waals surface area contributed by atoms with E-state index in [1.165, 1.54) is 22.5 Å². The van der Waals surface area contributed by atoms with Crippen molar-refractivity contribution in [3.05, 3.63) is 35.6 Å². The first-order valence-electron chi connectivity index (χ1n) is 9.22. The maximum Gasteiger partial charge on any atom is 0.236 e. The normalized spacial score (nSPS) is 26.0. The van der Waals surface area contributed by atoms with Gasteiger partial charge in [-0.15, -0.1) is 0 Å². The Morgan fingerprint density at radius 1 is 1.19 bits per heavy atom. The minimum Gasteiger partial charge on any atom is -0.324 e. The number of hydrogen-bond donors (Lipinski definition) is 0. The van der Waals surface area contributed by atoms with Crippen LogP contribution in [0.15, 0.2) is 24.3 Å². The summed E-state index contributed by atoms with van der Waals surface area (Å²) in [4.78, 5) is 13.4. The van der Waals surface area contributed by atoms with E-state index in [4.69, 9.17) is 0 Å². The van der Waals surface area contributed by atoms with Crippen molar-refractivity contribution in [3.63, 3.8) is 0 Å². The maximum absolute atomic E-state index is 13.8. The lowest BCUT2D eigenvalue weighted by atomic mass is 10.0. The Morgan fingerprint density at radius 2 is 1.85 bits per heavy atom. The molecule has 4 rings (SSSR count). The lowest BCUT2D eigenvalue weighted by Crippen LogP contribution is -2.56. The van der Waals surface area contributed by atoms with Crippen molar-refractivity contribution < 1.29 is 21.8 Å². The van der Waals surface area contributed by atoms with E-state index < -0.39 is 31.5 Å². The summed E-state index contributed by atoms with van der Waals surface area (Å²) in [5, 5.41) is 0. The van der Waals surface area contributed by atoms with Crippen LogP contribution in [-0.2, 0) is 31.4 Å². The number of nitrogens with zero attached hydrogens (tertiary/aromatic N) is 2. The van der Waals surface area contributed by atoms with Crippen LogP contribution in [0.4, 0.5) is 4.39 Å². The van der Waals surface area contributed by atoms with Crippen LogP contribution in [-0.4, -0.2) is 58.0 Å². The quantitative estimate of drug-likeness (QED) is 0.731. The molecule has 27 heavy (non-hydrogen) atoms. The van der Waals surface area contributed by atoms with Gasteiger partial charge >= 0.3 is 0 Å². The first-order valence-corrected chi connectivity index (χ1v) is 12.1. The Hall–Kier alpha value is -1.32. The van der Waals surface area contributed by atoms with Crippen LogP contribution < -0.4 is 0 Å². The SMILES string of the molecule is O=C1CS(=O)C2(CCN(S(=O)(=O)Cc3ccccc3F)CC2)N1CC1CC1. The number of hydrogen-bond acceptors (Lipinski definition) is 4. The molecule has 9 heteroatoms. The van der Waals surface area contributed by atoms with Crippen molar-refractivity contribution in [1.29, 1.82) is 0 Å². The fourth-order valence-electron chi connectivity index (χ4n) is 4.02. The van der Waals surface area contributed by atoms with Gasteiger partial charge < -0.3 is 4.90 Å². The topological polar surface area (TPSA) is 74.8 Å². The molecule has 1 amide bonds. The second-order valence-electron chi connectivity index (χ2n) is 7.63. The van der Waals surface area contributed by atoms with Gasteiger partial charge in [-0.25, -0.2) is 17.1 Å². The summed E-state index contributed by atoms with van der Waals surface area (Å²) in [6.45, 7) is 1.04. The minimum atomic E-state index is -3.67. The molecule has 2 aliphatic heterocycles. The summed E-state index contributed by atoms with van der Waals surface area (Å²) < 4.78 is 53.3. The number of rotatable bonds is 5. The number of piperidine rings is 1. The molecule has 1 unspecified atom stereocenters. The molecule has 3 fully saturated rings. The molecule has 0 aromatic heterocycles. The number of carbonyl (C=O) groups is 1. The van der Waals surface area contributed by atoms with Gasteiger partial charge in [0.05, 0.1) is 16.6 Å². The monoisotopic (exact) mass is 414 g/mol. The fraction of sp³-hybridized carbons (Fsp3) is 0.611. The third-order valence-corrected chi connectivity index (χ3v) is 9.61. The zero-order valence-corrected chi connectivity index (χ0v) is 16.6. The molecule has 1 aromatic carbocycles. The average Bonchev–Trinajstić information content (AvgIpc) is 3.42. The van der Waals surface area contributed by atoms with Crippen LogP contribution >= 0.6 is 0 Å². The Balaban J connectivity index is 1.48. The lowest BCUT2D eigenvalue weighted by molar-refractivity contribution is -0.131. The highest BCUT2D eigenvalue weighted by Gasteiger charge is 2.54. The third-order valence-electron chi connectivity index (χ3n) is 5.80. The zero-order chi connectivity index (χ0) is 19.2. The molecule has 0 radical (unpaired) electrons. The number of sulfonamides is 1. The van der Waals surface area contributed by atoms with Crippen LogP contribution in [0.1, 0.15) is 31.2 Å². The van der Waals surface area contributed by atoms with E-state index in [1.54, 1.807) is 11.0 Å². The van der Waals surface area contributed by atoms with Gasteiger partial charge in [0.2, 0.25) is 15.9 Å². The molecule has 2 saturated heterocycles. The van der Waals surface area contributed by atoms with Gasteiger partial charge in [-0.3, -0.25) is 9.00 Å². The maximum atomic E-state index is 13.8. The molecule has 1 saturated carbocycles. The highest BCUT2D eigenvalue weighted by molar-refractivity contribution is 7.88. The van der Waals surface area contributed by atoms with Crippen LogP contribution in [0.5, 0.6) is 0 Å². The Bertz CT molecular complexity index is 877. The third kappa shape index (κ3) is 3.56. The summed E-state index contributed by atoms with van der Waals surface area (Å²) >= 11 is 0. The van der Waals surface area contributed by atoms with Gasteiger partial charge in [0.25, 0.3) is 0 Å². The second-order valence-corrected chi connectivity index (χ2v) is 11.3. The van der Waals surface area contributed by atoms with Crippen LogP contribution in [0.2, 0.25) is 0 Å². The minimum absolute atomic E-state index is 0.0364. The number of halogens is 1. The predicted molar refractivity (Wildman–Crippen MR) is 100 cm³/mol. The molecule has 1 aromatic rings. The zero-order valence-electron chi connectivity index (χ0n) is 15.0. The highest BCUT2D eigenvalue weighted by atomic mass is 32.2. The molecule has 0 bridgehead atoms. The second kappa shape index (κ2) is 6.93. The highest BCUT2D eigenvalue weighted by Crippen LogP contribution is 2.41. The molecule has 0 N–H and O–H groups in total. The van der Waals surface area contributed by atoms with E-state index in [9.17, 15) is 21.8 Å². The van der Waals surface area contributed by atoms with Crippen LogP contribution in [0.25, 0.3) is 0 Å². The first-order chi connectivity index (χ1) is 12.8. The largest absolute Gasteiger partial charge is 0.324 e. The summed E-state index contributed by atoms with van der Waals surface area (Å²) in [5.41, 5.74) is 0.146. The molecule has 1 atom stereocenters. The van der Waals surface area contributed by atoms with E-state index in [0.29, 0.717) is 25.3 Å². The van der Waals surface area contributed by atoms with Crippen molar-refractivity contribution in [3.8, 4) is 0 Å². The number of benzene rings is 1. The standard InChI is InChI=1S/C18H23FN2O4S2/c19-16-4-2-1-3-15(16)13-27(24,25)20-9-7-18(8-10-20)21(11-14-5-6-14)17(22)12-26(18)23/h1-4,14H,5-13H2. The average molecular weight is 415 g/mol. The van der Waals surface area contributed by atoms with Crippen molar-refractivity contribution in [2.24, 2.45) is 5.92 Å². The van der Waals surface area contributed by atoms with E-state index >= 15 is 0 Å². The number of amides is 1. The van der Waals surface area contributed by atoms with Crippen molar-refractivity contribution >= 4 is 26.7 Å². The van der Waals surface area contributed by atoms with Crippen molar-refractivity contribution in [2.45, 2.75) is 36.3 Å². The van der Waals surface area contributed by atoms with Gasteiger partial charge in [-0.05, 0) is 37.7 Å². The van der Waals surface area contributed by atoms with Gasteiger partial charge in [0.15, 0.2) is 0 Å². The van der Waals surface area contributed by atoms with Crippen LogP contribution in [0, 0.1) is 11.7 Å². The van der Waals surface area contributed by atoms with Crippen molar-refractivity contribution in [1.82, 2.24) is 9.21 Å². The molecule has 1 spiro atoms. The molecule has 6 nitrogen and oxygen atoms in total. The van der Waals surface area contributed by atoms with Gasteiger partial charge in [0, 0.05) is 25.2 Å². The molecule has 2 heterocycles. The Morgan fingerprint density at radius 3 is 2.48 bits per heavy atom. The van der Waals surface area contributed by atoms with E-state index in [-0.39, 0.29) is 36.1 Å². The van der Waals surface area contributed by atoms with Gasteiger partial charge in [0.1, 0.15) is 16.4 Å². The van der Waals surface area contributed by atoms with Gasteiger partial charge in [-0.2, -0.15) is 0 Å². The first kappa shape index (κ1) is 19.0. The summed E-state index contributed by atoms with van der Waals surface area (Å²) in [6.07, 6.45) is 2.93. The van der Waals surface area contributed by atoms with Gasteiger partial charge in [-0.1, -0.05) is 18.2 Å². The summed E-state index contributed by atoms with van der Waals surface area (Å²) in [7, 11) is -4.98. The fourth-order valence-corrected chi connectivity index (χ4v) is 7.27. The van der Waals surface area contributed by atoms with Crippen molar-refractivity contribution in [2.75, 3.05) is 25.4 Å².